The first kappa shape index (κ1) is 21.6. The third-order valence-corrected chi connectivity index (χ3v) is 5.17. The van der Waals surface area contributed by atoms with Gasteiger partial charge in [0.15, 0.2) is 0 Å². The van der Waals surface area contributed by atoms with Crippen LogP contribution in [0.1, 0.15) is 15.9 Å². The standard InChI is InChI=1S/C18H20F2N2O5S/c1-26-12-6-7-13(17(10-12)27-2)18(23)21-8-9-28(24,25)22-11-14-15(19)4-3-5-16(14)20/h3-7,10,22H,8-9,11H2,1-2H3,(H,21,23). The molecule has 0 fully saturated rings. The van der Waals surface area contributed by atoms with E-state index in [4.69, 9.17) is 9.47 Å². The molecule has 2 aromatic carbocycles. The van der Waals surface area contributed by atoms with Crippen molar-refractivity contribution in [2.24, 2.45) is 0 Å². The van der Waals surface area contributed by atoms with E-state index in [1.807, 2.05) is 0 Å². The minimum atomic E-state index is -3.87. The molecule has 0 saturated heterocycles. The highest BCUT2D eigenvalue weighted by atomic mass is 32.2. The monoisotopic (exact) mass is 414 g/mol. The summed E-state index contributed by atoms with van der Waals surface area (Å²) in [7, 11) is -1.00. The minimum Gasteiger partial charge on any atom is -0.497 e. The number of hydrogen-bond donors (Lipinski definition) is 2. The van der Waals surface area contributed by atoms with E-state index in [1.54, 1.807) is 6.07 Å². The third-order valence-electron chi connectivity index (χ3n) is 3.84. The highest BCUT2D eigenvalue weighted by Gasteiger charge is 2.17. The molecule has 0 aliphatic rings. The van der Waals surface area contributed by atoms with Gasteiger partial charge in [0.05, 0.1) is 25.5 Å². The van der Waals surface area contributed by atoms with Crippen LogP contribution in [0, 0.1) is 11.6 Å². The second kappa shape index (κ2) is 9.47. The Balaban J connectivity index is 1.92. The number of methoxy groups -OCH3 is 2. The number of sulfonamides is 1. The molecule has 0 radical (unpaired) electrons. The zero-order valence-electron chi connectivity index (χ0n) is 15.3. The van der Waals surface area contributed by atoms with Crippen molar-refractivity contribution in [1.82, 2.24) is 10.0 Å². The first-order chi connectivity index (χ1) is 13.3. The Kier molecular flexibility index (Phi) is 7.30. The van der Waals surface area contributed by atoms with Crippen LogP contribution in [0.5, 0.6) is 11.5 Å². The molecular formula is C18H20F2N2O5S. The zero-order valence-corrected chi connectivity index (χ0v) is 16.1. The lowest BCUT2D eigenvalue weighted by Gasteiger charge is -2.11. The van der Waals surface area contributed by atoms with Gasteiger partial charge in [0.25, 0.3) is 5.91 Å². The lowest BCUT2D eigenvalue weighted by Crippen LogP contribution is -2.34. The zero-order chi connectivity index (χ0) is 20.7. The molecule has 0 aliphatic heterocycles. The molecule has 0 bridgehead atoms. The predicted octanol–water partition coefficient (Wildman–Crippen LogP) is 1.83. The van der Waals surface area contributed by atoms with Crippen molar-refractivity contribution in [3.63, 3.8) is 0 Å². The van der Waals surface area contributed by atoms with Gasteiger partial charge in [-0.25, -0.2) is 21.9 Å². The lowest BCUT2D eigenvalue weighted by atomic mass is 10.2. The maximum atomic E-state index is 13.5. The number of benzene rings is 2. The summed E-state index contributed by atoms with van der Waals surface area (Å²) < 4.78 is 63.4. The average molecular weight is 414 g/mol. The van der Waals surface area contributed by atoms with E-state index in [1.165, 1.54) is 32.4 Å². The Morgan fingerprint density at radius 2 is 1.75 bits per heavy atom. The second-order valence-electron chi connectivity index (χ2n) is 5.66. The van der Waals surface area contributed by atoms with Crippen molar-refractivity contribution in [2.45, 2.75) is 6.54 Å². The van der Waals surface area contributed by atoms with Crippen LogP contribution in [0.3, 0.4) is 0 Å². The topological polar surface area (TPSA) is 93.7 Å². The molecular weight excluding hydrogens is 394 g/mol. The Morgan fingerprint density at radius 1 is 1.07 bits per heavy atom. The molecule has 0 aromatic heterocycles. The van der Waals surface area contributed by atoms with E-state index in [0.717, 1.165) is 12.1 Å². The first-order valence-electron chi connectivity index (χ1n) is 8.18. The smallest absolute Gasteiger partial charge is 0.255 e. The summed E-state index contributed by atoms with van der Waals surface area (Å²) in [6.07, 6.45) is 0. The Morgan fingerprint density at radius 3 is 2.36 bits per heavy atom. The number of hydrogen-bond acceptors (Lipinski definition) is 5. The van der Waals surface area contributed by atoms with Gasteiger partial charge in [-0.3, -0.25) is 4.79 Å². The fraction of sp³-hybridized carbons (Fsp3) is 0.278. The molecule has 0 heterocycles. The van der Waals surface area contributed by atoms with Gasteiger partial charge < -0.3 is 14.8 Å². The molecule has 0 atom stereocenters. The first-order valence-corrected chi connectivity index (χ1v) is 9.83. The summed E-state index contributed by atoms with van der Waals surface area (Å²) >= 11 is 0. The fourth-order valence-electron chi connectivity index (χ4n) is 2.34. The number of amides is 1. The van der Waals surface area contributed by atoms with E-state index in [-0.39, 0.29) is 23.4 Å². The molecule has 10 heteroatoms. The van der Waals surface area contributed by atoms with Gasteiger partial charge in [-0.2, -0.15) is 0 Å². The number of carbonyl (C=O) groups is 1. The number of ether oxygens (including phenoxy) is 2. The van der Waals surface area contributed by atoms with Gasteiger partial charge >= 0.3 is 0 Å². The van der Waals surface area contributed by atoms with E-state index >= 15 is 0 Å². The van der Waals surface area contributed by atoms with Crippen molar-refractivity contribution in [2.75, 3.05) is 26.5 Å². The predicted molar refractivity (Wildman–Crippen MR) is 98.9 cm³/mol. The summed E-state index contributed by atoms with van der Waals surface area (Å²) in [6, 6.07) is 7.84. The summed E-state index contributed by atoms with van der Waals surface area (Å²) in [5, 5.41) is 2.46. The summed E-state index contributed by atoms with van der Waals surface area (Å²) in [6.45, 7) is -0.732. The third kappa shape index (κ3) is 5.64. The summed E-state index contributed by atoms with van der Waals surface area (Å²) in [5.74, 6) is -1.92. The number of nitrogens with one attached hydrogen (secondary N) is 2. The molecule has 0 spiro atoms. The van der Waals surface area contributed by atoms with Crippen LogP contribution in [0.4, 0.5) is 8.78 Å². The summed E-state index contributed by atoms with van der Waals surface area (Å²) in [4.78, 5) is 12.2. The maximum absolute atomic E-state index is 13.5. The molecule has 1 amide bonds. The van der Waals surface area contributed by atoms with E-state index in [2.05, 4.69) is 10.0 Å². The highest BCUT2D eigenvalue weighted by Crippen LogP contribution is 2.24. The van der Waals surface area contributed by atoms with Crippen LogP contribution >= 0.6 is 0 Å². The van der Waals surface area contributed by atoms with Crippen molar-refractivity contribution in [1.29, 1.82) is 0 Å². The van der Waals surface area contributed by atoms with Crippen LogP contribution < -0.4 is 19.5 Å². The lowest BCUT2D eigenvalue weighted by molar-refractivity contribution is 0.0953. The van der Waals surface area contributed by atoms with Crippen LogP contribution in [0.2, 0.25) is 0 Å². The quantitative estimate of drug-likeness (QED) is 0.653. The Hall–Kier alpha value is -2.72. The van der Waals surface area contributed by atoms with Crippen LogP contribution in [-0.2, 0) is 16.6 Å². The molecule has 0 unspecified atom stereocenters. The normalized spacial score (nSPS) is 11.1. The highest BCUT2D eigenvalue weighted by molar-refractivity contribution is 7.89. The average Bonchev–Trinajstić information content (AvgIpc) is 2.66. The van der Waals surface area contributed by atoms with Crippen molar-refractivity contribution < 1.29 is 31.5 Å². The van der Waals surface area contributed by atoms with Gasteiger partial charge in [-0.1, -0.05) is 6.07 Å². The van der Waals surface area contributed by atoms with Gasteiger partial charge in [0, 0.05) is 24.7 Å². The Labute approximate surface area is 161 Å². The number of halogens is 2. The fourth-order valence-corrected chi connectivity index (χ4v) is 3.22. The second-order valence-corrected chi connectivity index (χ2v) is 7.59. The van der Waals surface area contributed by atoms with Gasteiger partial charge in [0.2, 0.25) is 10.0 Å². The van der Waals surface area contributed by atoms with Crippen LogP contribution in [0.15, 0.2) is 36.4 Å². The largest absolute Gasteiger partial charge is 0.497 e. The Bertz CT molecular complexity index is 931. The van der Waals surface area contributed by atoms with Crippen molar-refractivity contribution in [3.8, 4) is 11.5 Å². The number of rotatable bonds is 9. The van der Waals surface area contributed by atoms with Gasteiger partial charge in [-0.05, 0) is 24.3 Å². The summed E-state index contributed by atoms with van der Waals surface area (Å²) in [5.41, 5.74) is -0.167. The molecule has 152 valence electrons. The number of carbonyl (C=O) groups excluding carboxylic acids is 1. The maximum Gasteiger partial charge on any atom is 0.255 e. The van der Waals surface area contributed by atoms with E-state index < -0.39 is 39.9 Å². The molecule has 28 heavy (non-hydrogen) atoms. The molecule has 0 aliphatic carbocycles. The van der Waals surface area contributed by atoms with E-state index in [0.29, 0.717) is 5.75 Å². The molecule has 2 rings (SSSR count). The van der Waals surface area contributed by atoms with Gasteiger partial charge in [0.1, 0.15) is 23.1 Å². The molecule has 2 N–H and O–H groups in total. The molecule has 7 nitrogen and oxygen atoms in total. The van der Waals surface area contributed by atoms with Gasteiger partial charge in [-0.15, -0.1) is 0 Å². The van der Waals surface area contributed by atoms with E-state index in [9.17, 15) is 22.0 Å². The van der Waals surface area contributed by atoms with Crippen LogP contribution in [0.25, 0.3) is 0 Å². The molecule has 2 aromatic rings. The molecule has 0 saturated carbocycles. The van der Waals surface area contributed by atoms with Crippen molar-refractivity contribution >= 4 is 15.9 Å². The minimum absolute atomic E-state index is 0.205. The SMILES string of the molecule is COc1ccc(C(=O)NCCS(=O)(=O)NCc2c(F)cccc2F)c(OC)c1. The van der Waals surface area contributed by atoms with Crippen LogP contribution in [-0.4, -0.2) is 40.8 Å². The van der Waals surface area contributed by atoms with Crippen molar-refractivity contribution in [3.05, 3.63) is 59.2 Å².